The van der Waals surface area contributed by atoms with Crippen LogP contribution in [0, 0.1) is 0 Å². The van der Waals surface area contributed by atoms with Gasteiger partial charge in [0.25, 0.3) is 0 Å². The minimum Gasteiger partial charge on any atom is -0.391 e. The molecule has 0 aliphatic carbocycles. The number of thioether (sulfide) groups is 1. The number of aliphatic hydroxyl groups excluding tert-OH is 2. The molecule has 3 nitrogen and oxygen atoms in total. The van der Waals surface area contributed by atoms with E-state index in [1.165, 1.54) is 70.0 Å². The van der Waals surface area contributed by atoms with Gasteiger partial charge in [-0.1, -0.05) is 58.8 Å². The lowest BCUT2D eigenvalue weighted by Gasteiger charge is -2.37. The zero-order chi connectivity index (χ0) is 17.2. The van der Waals surface area contributed by atoms with E-state index in [9.17, 15) is 10.2 Å². The number of unbranched alkanes of at least 4 members (excludes halogenated alkanes) is 8. The van der Waals surface area contributed by atoms with Crippen molar-refractivity contribution in [3.8, 4) is 0 Å². The number of quaternary nitrogens is 1. The van der Waals surface area contributed by atoms with E-state index in [1.54, 1.807) is 0 Å². The fourth-order valence-corrected chi connectivity index (χ4v) is 4.38. The quantitative estimate of drug-likeness (QED) is 0.219. The number of aliphatic hydroxyl groups is 2. The van der Waals surface area contributed by atoms with Gasteiger partial charge >= 0.3 is 0 Å². The van der Waals surface area contributed by atoms with Gasteiger partial charge in [-0.15, -0.1) is 11.8 Å². The van der Waals surface area contributed by atoms with Crippen molar-refractivity contribution in [2.45, 2.75) is 78.1 Å². The molecule has 0 saturated carbocycles. The monoisotopic (exact) mass is 348 g/mol. The van der Waals surface area contributed by atoms with Crippen molar-refractivity contribution in [3.63, 3.8) is 0 Å². The van der Waals surface area contributed by atoms with Crippen LogP contribution in [0.25, 0.3) is 0 Å². The molecule has 23 heavy (non-hydrogen) atoms. The van der Waals surface area contributed by atoms with Gasteiger partial charge in [-0.05, 0) is 25.0 Å². The SMILES string of the molecule is CCCCCCCCSC[N+](CCO)(CCO)CCCCCC. The molecule has 0 aliphatic rings. The van der Waals surface area contributed by atoms with Crippen LogP contribution < -0.4 is 0 Å². The van der Waals surface area contributed by atoms with Gasteiger partial charge in [0.2, 0.25) is 0 Å². The fraction of sp³-hybridized carbons (Fsp3) is 1.00. The molecule has 0 aromatic heterocycles. The van der Waals surface area contributed by atoms with Crippen molar-refractivity contribution < 1.29 is 14.7 Å². The van der Waals surface area contributed by atoms with Gasteiger partial charge in [0.05, 0.1) is 19.8 Å². The molecule has 0 rings (SSSR count). The Balaban J connectivity index is 4.03. The summed E-state index contributed by atoms with van der Waals surface area (Å²) in [7, 11) is 0. The maximum atomic E-state index is 9.45. The molecule has 140 valence electrons. The lowest BCUT2D eigenvalue weighted by molar-refractivity contribution is -0.917. The second kappa shape index (κ2) is 17.1. The van der Waals surface area contributed by atoms with E-state index in [4.69, 9.17) is 0 Å². The number of hydrogen-bond acceptors (Lipinski definition) is 3. The van der Waals surface area contributed by atoms with E-state index >= 15 is 0 Å². The van der Waals surface area contributed by atoms with Gasteiger partial charge < -0.3 is 14.7 Å². The molecule has 0 amide bonds. The third-order valence-electron chi connectivity index (χ3n) is 4.64. The predicted octanol–water partition coefficient (Wildman–Crippen LogP) is 4.42. The molecule has 0 unspecified atom stereocenters. The topological polar surface area (TPSA) is 40.5 Å². The molecule has 0 fully saturated rings. The van der Waals surface area contributed by atoms with Gasteiger partial charge in [0, 0.05) is 0 Å². The van der Waals surface area contributed by atoms with Crippen molar-refractivity contribution in [2.75, 3.05) is 44.5 Å². The first-order chi connectivity index (χ1) is 11.2. The number of hydrogen-bond donors (Lipinski definition) is 2. The zero-order valence-corrected chi connectivity index (χ0v) is 16.6. The third-order valence-corrected chi connectivity index (χ3v) is 5.95. The Morgan fingerprint density at radius 1 is 0.652 bits per heavy atom. The van der Waals surface area contributed by atoms with Crippen molar-refractivity contribution in [3.05, 3.63) is 0 Å². The van der Waals surface area contributed by atoms with Crippen molar-refractivity contribution in [1.82, 2.24) is 0 Å². The molecule has 0 heterocycles. The molecule has 0 bridgehead atoms. The summed E-state index contributed by atoms with van der Waals surface area (Å²) in [6, 6.07) is 0. The first-order valence-electron chi connectivity index (χ1n) is 9.89. The summed E-state index contributed by atoms with van der Waals surface area (Å²) in [6.07, 6.45) is 13.1. The van der Waals surface area contributed by atoms with Crippen LogP contribution in [-0.2, 0) is 0 Å². The molecule has 0 spiro atoms. The average Bonchev–Trinajstić information content (AvgIpc) is 2.55. The third kappa shape index (κ3) is 13.2. The summed E-state index contributed by atoms with van der Waals surface area (Å²) in [6.45, 7) is 7.63. The van der Waals surface area contributed by atoms with E-state index in [2.05, 4.69) is 13.8 Å². The smallest absolute Gasteiger partial charge is 0.125 e. The molecular weight excluding hydrogens is 306 g/mol. The lowest BCUT2D eigenvalue weighted by Crippen LogP contribution is -2.52. The minimum atomic E-state index is 0.228. The van der Waals surface area contributed by atoms with Gasteiger partial charge in [0.1, 0.15) is 19.0 Å². The normalized spacial score (nSPS) is 12.0. The number of rotatable bonds is 18. The predicted molar refractivity (Wildman–Crippen MR) is 104 cm³/mol. The Kier molecular flexibility index (Phi) is 17.2. The van der Waals surface area contributed by atoms with Crippen molar-refractivity contribution >= 4 is 11.8 Å². The minimum absolute atomic E-state index is 0.228. The van der Waals surface area contributed by atoms with Gasteiger partial charge in [-0.25, -0.2) is 0 Å². The van der Waals surface area contributed by atoms with Crippen LogP contribution in [0.15, 0.2) is 0 Å². The highest BCUT2D eigenvalue weighted by molar-refractivity contribution is 7.99. The van der Waals surface area contributed by atoms with E-state index in [0.29, 0.717) is 0 Å². The Hall–Kier alpha value is 0.230. The lowest BCUT2D eigenvalue weighted by atomic mass is 10.1. The largest absolute Gasteiger partial charge is 0.391 e. The summed E-state index contributed by atoms with van der Waals surface area (Å²) < 4.78 is 0.886. The summed E-state index contributed by atoms with van der Waals surface area (Å²) in [5.41, 5.74) is 0. The molecule has 0 aromatic carbocycles. The zero-order valence-electron chi connectivity index (χ0n) is 15.8. The second-order valence-corrected chi connectivity index (χ2v) is 7.90. The Bertz CT molecular complexity index is 233. The highest BCUT2D eigenvalue weighted by atomic mass is 32.2. The maximum absolute atomic E-state index is 9.45. The summed E-state index contributed by atoms with van der Waals surface area (Å²) in [5, 5.41) is 18.9. The second-order valence-electron chi connectivity index (χ2n) is 6.83. The van der Waals surface area contributed by atoms with E-state index in [1.807, 2.05) is 11.8 Å². The first kappa shape index (κ1) is 23.2. The Morgan fingerprint density at radius 3 is 1.74 bits per heavy atom. The Labute approximate surface area is 149 Å². The maximum Gasteiger partial charge on any atom is 0.125 e. The van der Waals surface area contributed by atoms with Crippen LogP contribution in [0.1, 0.15) is 78.1 Å². The van der Waals surface area contributed by atoms with Crippen LogP contribution in [0.4, 0.5) is 0 Å². The molecule has 2 N–H and O–H groups in total. The highest BCUT2D eigenvalue weighted by Gasteiger charge is 2.25. The standard InChI is InChI=1S/C19H42NO2S/c1-3-5-7-9-10-12-18-23-19-20(14-16-21,15-17-22)13-11-8-6-4-2/h21-22H,3-19H2,1-2H3/q+1. The fourth-order valence-electron chi connectivity index (χ4n) is 3.07. The van der Waals surface area contributed by atoms with E-state index in [-0.39, 0.29) is 13.2 Å². The van der Waals surface area contributed by atoms with Crippen molar-refractivity contribution in [2.24, 2.45) is 0 Å². The Morgan fingerprint density at radius 2 is 1.17 bits per heavy atom. The number of nitrogens with zero attached hydrogens (tertiary/aromatic N) is 1. The van der Waals surface area contributed by atoms with Crippen LogP contribution >= 0.6 is 11.8 Å². The van der Waals surface area contributed by atoms with E-state index in [0.717, 1.165) is 30.0 Å². The molecule has 0 aromatic rings. The summed E-state index contributed by atoms with van der Waals surface area (Å²) in [5.74, 6) is 2.26. The van der Waals surface area contributed by atoms with E-state index < -0.39 is 0 Å². The summed E-state index contributed by atoms with van der Waals surface area (Å²) in [4.78, 5) is 0. The molecule has 0 atom stereocenters. The van der Waals surface area contributed by atoms with Crippen LogP contribution in [0.2, 0.25) is 0 Å². The van der Waals surface area contributed by atoms with Gasteiger partial charge in [0.15, 0.2) is 0 Å². The van der Waals surface area contributed by atoms with Gasteiger partial charge in [-0.3, -0.25) is 0 Å². The molecule has 0 saturated heterocycles. The average molecular weight is 349 g/mol. The van der Waals surface area contributed by atoms with Crippen LogP contribution in [0.3, 0.4) is 0 Å². The molecule has 0 radical (unpaired) electrons. The molecule has 0 aliphatic heterocycles. The molecule has 4 heteroatoms. The van der Waals surface area contributed by atoms with Crippen molar-refractivity contribution in [1.29, 1.82) is 0 Å². The first-order valence-corrected chi connectivity index (χ1v) is 11.0. The van der Waals surface area contributed by atoms with Gasteiger partial charge in [-0.2, -0.15) is 0 Å². The highest BCUT2D eigenvalue weighted by Crippen LogP contribution is 2.18. The van der Waals surface area contributed by atoms with Crippen LogP contribution in [0.5, 0.6) is 0 Å². The van der Waals surface area contributed by atoms with Crippen LogP contribution in [-0.4, -0.2) is 59.2 Å². The summed E-state index contributed by atoms with van der Waals surface area (Å²) >= 11 is 2.02. The molecular formula is C19H42NO2S+.